The van der Waals surface area contributed by atoms with Crippen molar-refractivity contribution in [3.05, 3.63) is 74.5 Å². The molecule has 0 radical (unpaired) electrons. The van der Waals surface area contributed by atoms with Crippen LogP contribution in [0, 0.1) is 3.57 Å². The van der Waals surface area contributed by atoms with Gasteiger partial charge >= 0.3 is 0 Å². The number of benzene rings is 2. The molecule has 2 nitrogen and oxygen atoms in total. The van der Waals surface area contributed by atoms with Crippen LogP contribution in [0.15, 0.2) is 65.3 Å². The van der Waals surface area contributed by atoms with E-state index in [1.54, 1.807) is 0 Å². The monoisotopic (exact) mass is 423 g/mol. The van der Waals surface area contributed by atoms with Crippen LogP contribution in [0.5, 0.6) is 0 Å². The fourth-order valence-electron chi connectivity index (χ4n) is 2.66. The van der Waals surface area contributed by atoms with E-state index >= 15 is 0 Å². The molecular weight excluding hydrogens is 409 g/mol. The third-order valence-corrected chi connectivity index (χ3v) is 4.96. The first-order valence-electron chi connectivity index (χ1n) is 7.13. The number of hydrogen-bond donors (Lipinski definition) is 1. The summed E-state index contributed by atoms with van der Waals surface area (Å²) < 4.78 is 1.17. The molecule has 3 rings (SSSR count). The van der Waals surface area contributed by atoms with Gasteiger partial charge in [0.2, 0.25) is 0 Å². The summed E-state index contributed by atoms with van der Waals surface area (Å²) in [6, 6.07) is 18.2. The van der Waals surface area contributed by atoms with E-state index in [1.807, 2.05) is 42.5 Å². The number of carbonyl (C=O) groups excluding carboxylic acids is 1. The molecule has 1 atom stereocenters. The summed E-state index contributed by atoms with van der Waals surface area (Å²) in [5.41, 5.74) is 2.95. The van der Waals surface area contributed by atoms with Crippen LogP contribution in [0.2, 0.25) is 0 Å². The van der Waals surface area contributed by atoms with E-state index in [9.17, 15) is 4.79 Å². The van der Waals surface area contributed by atoms with Gasteiger partial charge in [0.25, 0.3) is 0 Å². The molecular formula is C18H15ClINO. The fourth-order valence-corrected chi connectivity index (χ4v) is 3.23. The minimum Gasteiger partial charge on any atom is -0.358 e. The molecule has 0 fully saturated rings. The number of nitrogens with one attached hydrogen (secondary N) is 1. The molecule has 2 aromatic rings. The maximum atomic E-state index is 12.2. The Kier molecular flexibility index (Phi) is 4.84. The molecule has 0 bridgehead atoms. The van der Waals surface area contributed by atoms with Crippen LogP contribution in [0.1, 0.15) is 24.3 Å². The Hall–Kier alpha value is -1.33. The van der Waals surface area contributed by atoms with Crippen molar-refractivity contribution in [3.8, 4) is 0 Å². The highest BCUT2D eigenvalue weighted by atomic mass is 127. The topological polar surface area (TPSA) is 29.1 Å². The van der Waals surface area contributed by atoms with Gasteiger partial charge in [-0.1, -0.05) is 41.9 Å². The summed E-state index contributed by atoms with van der Waals surface area (Å²) in [6.07, 6.45) is 1.22. The molecule has 4 heteroatoms. The van der Waals surface area contributed by atoms with E-state index in [0.29, 0.717) is 11.5 Å². The van der Waals surface area contributed by atoms with E-state index in [-0.39, 0.29) is 11.7 Å². The SMILES string of the molecule is O=C1CC(c2ccccc2)CC(Nc2ccc(I)cc2)=C1Cl. The molecule has 0 saturated carbocycles. The fraction of sp³-hybridized carbons (Fsp3) is 0.167. The van der Waals surface area contributed by atoms with Crippen molar-refractivity contribution < 1.29 is 4.79 Å². The van der Waals surface area contributed by atoms with Crippen molar-refractivity contribution in [2.24, 2.45) is 0 Å². The van der Waals surface area contributed by atoms with Crippen LogP contribution in [-0.4, -0.2) is 5.78 Å². The van der Waals surface area contributed by atoms with Gasteiger partial charge in [-0.3, -0.25) is 4.79 Å². The average Bonchev–Trinajstić information content (AvgIpc) is 2.54. The number of anilines is 1. The highest BCUT2D eigenvalue weighted by Gasteiger charge is 2.27. The Morgan fingerprint density at radius 2 is 1.68 bits per heavy atom. The van der Waals surface area contributed by atoms with Gasteiger partial charge in [-0.25, -0.2) is 0 Å². The standard InChI is InChI=1S/C18H15ClINO/c19-18-16(21-15-8-6-14(20)7-9-15)10-13(11-17(18)22)12-4-2-1-3-5-12/h1-9,13,21H,10-11H2. The van der Waals surface area contributed by atoms with Crippen LogP contribution in [0.3, 0.4) is 0 Å². The van der Waals surface area contributed by atoms with E-state index in [1.165, 1.54) is 9.13 Å². The Morgan fingerprint density at radius 3 is 2.36 bits per heavy atom. The van der Waals surface area contributed by atoms with Crippen molar-refractivity contribution in [1.29, 1.82) is 0 Å². The Morgan fingerprint density at radius 1 is 1.00 bits per heavy atom. The predicted octanol–water partition coefficient (Wildman–Crippen LogP) is 5.30. The smallest absolute Gasteiger partial charge is 0.176 e. The third-order valence-electron chi connectivity index (χ3n) is 3.80. The summed E-state index contributed by atoms with van der Waals surface area (Å²) in [5, 5.41) is 3.65. The number of Topliss-reactive ketones (excluding diaryl/α,β-unsaturated/α-hetero) is 1. The normalized spacial score (nSPS) is 18.5. The Bertz CT molecular complexity index is 710. The lowest BCUT2D eigenvalue weighted by molar-refractivity contribution is -0.115. The van der Waals surface area contributed by atoms with Crippen molar-refractivity contribution in [1.82, 2.24) is 0 Å². The summed E-state index contributed by atoms with van der Waals surface area (Å²) in [4.78, 5) is 12.2. The van der Waals surface area contributed by atoms with Gasteiger partial charge < -0.3 is 5.32 Å². The molecule has 1 unspecified atom stereocenters. The molecule has 0 heterocycles. The average molecular weight is 424 g/mol. The molecule has 0 aromatic heterocycles. The van der Waals surface area contributed by atoms with Gasteiger partial charge in [0, 0.05) is 21.4 Å². The van der Waals surface area contributed by atoms with Crippen LogP contribution >= 0.6 is 34.2 Å². The van der Waals surface area contributed by atoms with Crippen molar-refractivity contribution in [2.45, 2.75) is 18.8 Å². The third kappa shape index (κ3) is 3.52. The number of hydrogen-bond acceptors (Lipinski definition) is 2. The first-order chi connectivity index (χ1) is 10.6. The lowest BCUT2D eigenvalue weighted by atomic mass is 9.85. The number of ketones is 1. The van der Waals surface area contributed by atoms with E-state index < -0.39 is 0 Å². The van der Waals surface area contributed by atoms with Gasteiger partial charge in [0.05, 0.1) is 0 Å². The van der Waals surface area contributed by atoms with E-state index in [4.69, 9.17) is 11.6 Å². The van der Waals surface area contributed by atoms with Crippen LogP contribution in [-0.2, 0) is 4.79 Å². The zero-order chi connectivity index (χ0) is 15.5. The number of carbonyl (C=O) groups is 1. The molecule has 0 amide bonds. The van der Waals surface area contributed by atoms with Crippen molar-refractivity contribution in [3.63, 3.8) is 0 Å². The maximum absolute atomic E-state index is 12.2. The van der Waals surface area contributed by atoms with E-state index in [0.717, 1.165) is 17.8 Å². The minimum absolute atomic E-state index is 0.00906. The Labute approximate surface area is 148 Å². The number of halogens is 2. The molecule has 112 valence electrons. The molecule has 0 spiro atoms. The maximum Gasteiger partial charge on any atom is 0.176 e. The first kappa shape index (κ1) is 15.6. The van der Waals surface area contributed by atoms with Gasteiger partial charge in [0.15, 0.2) is 5.78 Å². The largest absolute Gasteiger partial charge is 0.358 e. The quantitative estimate of drug-likeness (QED) is 0.679. The summed E-state index contributed by atoms with van der Waals surface area (Å²) >= 11 is 8.50. The second-order valence-electron chi connectivity index (χ2n) is 5.36. The minimum atomic E-state index is 0.00906. The van der Waals surface area contributed by atoms with Crippen molar-refractivity contribution in [2.75, 3.05) is 5.32 Å². The number of allylic oxidation sites excluding steroid dienone is 2. The summed E-state index contributed by atoms with van der Waals surface area (Å²) in [6.45, 7) is 0. The molecule has 1 N–H and O–H groups in total. The van der Waals surface area contributed by atoms with E-state index in [2.05, 4.69) is 40.0 Å². The Balaban J connectivity index is 1.84. The summed E-state index contributed by atoms with van der Waals surface area (Å²) in [7, 11) is 0. The second kappa shape index (κ2) is 6.84. The molecule has 1 aliphatic rings. The number of rotatable bonds is 3. The van der Waals surface area contributed by atoms with Crippen LogP contribution in [0.25, 0.3) is 0 Å². The molecule has 2 aromatic carbocycles. The second-order valence-corrected chi connectivity index (χ2v) is 6.99. The zero-order valence-electron chi connectivity index (χ0n) is 11.9. The summed E-state index contributed by atoms with van der Waals surface area (Å²) in [5.74, 6) is 0.192. The highest BCUT2D eigenvalue weighted by molar-refractivity contribution is 14.1. The zero-order valence-corrected chi connectivity index (χ0v) is 14.8. The van der Waals surface area contributed by atoms with Crippen LogP contribution in [0.4, 0.5) is 5.69 Å². The van der Waals surface area contributed by atoms with Crippen LogP contribution < -0.4 is 5.32 Å². The van der Waals surface area contributed by atoms with Gasteiger partial charge in [-0.15, -0.1) is 0 Å². The van der Waals surface area contributed by atoms with Gasteiger partial charge in [0.1, 0.15) is 5.03 Å². The molecule has 0 saturated heterocycles. The molecule has 22 heavy (non-hydrogen) atoms. The first-order valence-corrected chi connectivity index (χ1v) is 8.58. The van der Waals surface area contributed by atoms with Gasteiger partial charge in [-0.2, -0.15) is 0 Å². The molecule has 1 aliphatic carbocycles. The predicted molar refractivity (Wildman–Crippen MR) is 99.1 cm³/mol. The highest BCUT2D eigenvalue weighted by Crippen LogP contribution is 2.36. The molecule has 0 aliphatic heterocycles. The van der Waals surface area contributed by atoms with Gasteiger partial charge in [-0.05, 0) is 64.8 Å². The lowest BCUT2D eigenvalue weighted by Crippen LogP contribution is -2.19. The van der Waals surface area contributed by atoms with Crippen molar-refractivity contribution >= 4 is 45.7 Å². The lowest BCUT2D eigenvalue weighted by Gasteiger charge is -2.25.